The number of hydrogen-bond acceptors (Lipinski definition) is 6. The van der Waals surface area contributed by atoms with Crippen molar-refractivity contribution in [3.8, 4) is 17.6 Å². The normalized spacial score (nSPS) is 15.4. The number of rotatable bonds is 8. The van der Waals surface area contributed by atoms with E-state index in [4.69, 9.17) is 15.2 Å². The van der Waals surface area contributed by atoms with Crippen LogP contribution in [-0.2, 0) is 17.9 Å². The van der Waals surface area contributed by atoms with Gasteiger partial charge in [-0.2, -0.15) is 14.0 Å². The fraction of sp³-hybridized carbons (Fsp3) is 0.222. The van der Waals surface area contributed by atoms with Crippen LogP contribution in [0.25, 0.3) is 11.0 Å². The highest BCUT2D eigenvalue weighted by molar-refractivity contribution is 5.99. The predicted octanol–water partition coefficient (Wildman–Crippen LogP) is 4.20. The van der Waals surface area contributed by atoms with Crippen LogP contribution in [0.15, 0.2) is 66.7 Å². The molecule has 0 aliphatic carbocycles. The molecule has 0 spiro atoms. The monoisotopic (exact) mass is 503 g/mol. The van der Waals surface area contributed by atoms with Gasteiger partial charge in [-0.05, 0) is 42.8 Å². The van der Waals surface area contributed by atoms with Crippen LogP contribution in [0.4, 0.5) is 14.5 Å². The number of fused-ring (bicyclic) bond motifs is 1. The number of carbonyl (C=O) groups is 1. The highest BCUT2D eigenvalue weighted by Gasteiger charge is 2.29. The van der Waals surface area contributed by atoms with Crippen molar-refractivity contribution in [2.75, 3.05) is 11.4 Å². The van der Waals surface area contributed by atoms with Gasteiger partial charge >= 0.3 is 6.61 Å². The van der Waals surface area contributed by atoms with Crippen molar-refractivity contribution in [3.05, 3.63) is 83.7 Å². The Bertz CT molecular complexity index is 1500. The van der Waals surface area contributed by atoms with Crippen molar-refractivity contribution in [1.29, 1.82) is 5.26 Å². The second-order valence-electron chi connectivity index (χ2n) is 8.59. The molecule has 0 bridgehead atoms. The average molecular weight is 504 g/mol. The maximum Gasteiger partial charge on any atom is 0.387 e. The fourth-order valence-corrected chi connectivity index (χ4v) is 4.39. The molecule has 1 aliphatic rings. The number of hydrogen-bond donors (Lipinski definition) is 1. The van der Waals surface area contributed by atoms with E-state index in [0.717, 1.165) is 0 Å². The van der Waals surface area contributed by atoms with E-state index >= 15 is 0 Å². The number of carbonyl (C=O) groups excluding carboxylic acids is 1. The van der Waals surface area contributed by atoms with E-state index in [1.807, 2.05) is 10.6 Å². The molecule has 10 heteroatoms. The lowest BCUT2D eigenvalue weighted by Gasteiger charge is -2.17. The molecule has 2 N–H and O–H groups in total. The number of ether oxygens (including phenoxy) is 2. The molecule has 0 saturated carbocycles. The van der Waals surface area contributed by atoms with Gasteiger partial charge in [0.1, 0.15) is 23.9 Å². The number of nitrogens with zero attached hydrogens (tertiary/aromatic N) is 4. The van der Waals surface area contributed by atoms with Crippen LogP contribution in [0.3, 0.4) is 0 Å². The van der Waals surface area contributed by atoms with E-state index in [1.165, 1.54) is 6.07 Å². The third-order valence-corrected chi connectivity index (χ3v) is 6.22. The third kappa shape index (κ3) is 5.08. The minimum Gasteiger partial charge on any atom is -0.486 e. The van der Waals surface area contributed by atoms with Crippen molar-refractivity contribution in [2.45, 2.75) is 32.2 Å². The molecule has 4 aromatic rings. The highest BCUT2D eigenvalue weighted by atomic mass is 19.3. The summed E-state index contributed by atoms with van der Waals surface area (Å²) < 4.78 is 38.5. The zero-order valence-corrected chi connectivity index (χ0v) is 19.7. The van der Waals surface area contributed by atoms with E-state index in [2.05, 4.69) is 11.1 Å². The molecule has 1 fully saturated rings. The Labute approximate surface area is 211 Å². The van der Waals surface area contributed by atoms with Gasteiger partial charge in [-0.3, -0.25) is 4.79 Å². The number of para-hydroxylation sites is 1. The molecule has 1 saturated heterocycles. The van der Waals surface area contributed by atoms with Gasteiger partial charge in [0.15, 0.2) is 0 Å². The summed E-state index contributed by atoms with van der Waals surface area (Å²) in [5.41, 5.74) is 8.81. The predicted molar refractivity (Wildman–Crippen MR) is 132 cm³/mol. The van der Waals surface area contributed by atoms with E-state index in [-0.39, 0.29) is 24.8 Å². The molecule has 8 nitrogen and oxygen atoms in total. The van der Waals surface area contributed by atoms with Crippen LogP contribution >= 0.6 is 0 Å². The average Bonchev–Trinajstić information content (AvgIpc) is 3.42. The Kier molecular flexibility index (Phi) is 6.70. The lowest BCUT2D eigenvalue weighted by atomic mass is 10.2. The minimum absolute atomic E-state index is 0.0591. The fourth-order valence-electron chi connectivity index (χ4n) is 4.39. The summed E-state index contributed by atoms with van der Waals surface area (Å²) in [6.45, 7) is -2.18. The van der Waals surface area contributed by atoms with Crippen molar-refractivity contribution in [1.82, 2.24) is 9.55 Å². The maximum atomic E-state index is 13.0. The maximum absolute atomic E-state index is 13.0. The van der Waals surface area contributed by atoms with Gasteiger partial charge in [-0.25, -0.2) is 4.98 Å². The van der Waals surface area contributed by atoms with E-state index < -0.39 is 12.7 Å². The molecule has 1 atom stereocenters. The van der Waals surface area contributed by atoms with Gasteiger partial charge in [0, 0.05) is 23.9 Å². The lowest BCUT2D eigenvalue weighted by molar-refractivity contribution is -0.118. The van der Waals surface area contributed by atoms with Gasteiger partial charge in [0.2, 0.25) is 5.91 Å². The molecule has 0 radical (unpaired) electrons. The van der Waals surface area contributed by atoms with Crippen molar-refractivity contribution >= 4 is 22.6 Å². The smallest absolute Gasteiger partial charge is 0.387 e. The summed E-state index contributed by atoms with van der Waals surface area (Å²) in [5, 5.41) is 9.39. The zero-order valence-electron chi connectivity index (χ0n) is 19.7. The van der Waals surface area contributed by atoms with Crippen molar-refractivity contribution in [2.24, 2.45) is 5.73 Å². The number of imidazole rings is 1. The highest BCUT2D eigenvalue weighted by Crippen LogP contribution is 2.28. The molecule has 2 heterocycles. The molecule has 1 amide bonds. The number of nitrogens with two attached hydrogens (primary N) is 1. The first-order valence-electron chi connectivity index (χ1n) is 11.6. The van der Waals surface area contributed by atoms with E-state index in [9.17, 15) is 18.8 Å². The molecule has 1 unspecified atom stereocenters. The molecule has 5 rings (SSSR count). The lowest BCUT2D eigenvalue weighted by Crippen LogP contribution is -2.33. The van der Waals surface area contributed by atoms with Gasteiger partial charge in [0.25, 0.3) is 0 Å². The molecular formula is C27H23F2N5O3. The largest absolute Gasteiger partial charge is 0.486 e. The van der Waals surface area contributed by atoms with E-state index in [0.29, 0.717) is 52.4 Å². The molecule has 1 aliphatic heterocycles. The first-order chi connectivity index (χ1) is 17.9. The van der Waals surface area contributed by atoms with Crippen LogP contribution in [0.2, 0.25) is 0 Å². The molecule has 1 aromatic heterocycles. The van der Waals surface area contributed by atoms with Crippen molar-refractivity contribution in [3.63, 3.8) is 0 Å². The number of amides is 1. The topological polar surface area (TPSA) is 106 Å². The Morgan fingerprint density at radius 3 is 2.73 bits per heavy atom. The van der Waals surface area contributed by atoms with Crippen LogP contribution in [0.5, 0.6) is 11.5 Å². The Hall–Kier alpha value is -4.49. The quantitative estimate of drug-likeness (QED) is 0.386. The summed E-state index contributed by atoms with van der Waals surface area (Å²) in [6.07, 6.45) is 0.593. The number of aromatic nitrogens is 2. The van der Waals surface area contributed by atoms with Crippen LogP contribution < -0.4 is 20.1 Å². The van der Waals surface area contributed by atoms with Crippen LogP contribution in [0, 0.1) is 11.3 Å². The van der Waals surface area contributed by atoms with Crippen LogP contribution in [-0.4, -0.2) is 34.7 Å². The second kappa shape index (κ2) is 10.2. The number of benzene rings is 3. The Balaban J connectivity index is 1.46. The van der Waals surface area contributed by atoms with Gasteiger partial charge < -0.3 is 24.7 Å². The molecule has 188 valence electrons. The number of halogens is 2. The van der Waals surface area contributed by atoms with Crippen LogP contribution in [0.1, 0.15) is 23.4 Å². The number of alkyl halides is 2. The first-order valence-corrected chi connectivity index (χ1v) is 11.6. The summed E-state index contributed by atoms with van der Waals surface area (Å²) in [5.74, 6) is 0.992. The van der Waals surface area contributed by atoms with Gasteiger partial charge in [-0.15, -0.1) is 0 Å². The number of anilines is 1. The summed E-state index contributed by atoms with van der Waals surface area (Å²) in [4.78, 5) is 18.6. The van der Waals surface area contributed by atoms with Gasteiger partial charge in [-0.1, -0.05) is 24.3 Å². The van der Waals surface area contributed by atoms with E-state index in [1.54, 1.807) is 59.5 Å². The summed E-state index contributed by atoms with van der Waals surface area (Å²) >= 11 is 0. The molecule has 37 heavy (non-hydrogen) atoms. The third-order valence-electron chi connectivity index (χ3n) is 6.22. The minimum atomic E-state index is -2.96. The van der Waals surface area contributed by atoms with Gasteiger partial charge in [0.05, 0.1) is 35.3 Å². The zero-order chi connectivity index (χ0) is 25.9. The standard InChI is InChI=1S/C27H23F2N5O3/c28-27(29)37-24-7-2-1-4-18(24)15-34-23-12-17(14-30)8-9-22(23)32-25(34)16-36-20-6-3-5-19(13-20)33-11-10-21(31)26(33)35/h1-9,12-13,21,27H,10-11,15-16,31H2. The van der Waals surface area contributed by atoms with Crippen molar-refractivity contribution < 1.29 is 23.0 Å². The Morgan fingerprint density at radius 1 is 1.14 bits per heavy atom. The second-order valence-corrected chi connectivity index (χ2v) is 8.59. The summed E-state index contributed by atoms with van der Waals surface area (Å²) in [6, 6.07) is 20.4. The Morgan fingerprint density at radius 2 is 1.97 bits per heavy atom. The first kappa shape index (κ1) is 24.2. The molecule has 3 aromatic carbocycles. The SMILES string of the molecule is N#Cc1ccc2nc(COc3cccc(N4CCC(N)C4=O)c3)n(Cc3ccccc3OC(F)F)c2c1. The number of nitriles is 1. The molecular weight excluding hydrogens is 480 g/mol. The summed E-state index contributed by atoms with van der Waals surface area (Å²) in [7, 11) is 0.